The fourth-order valence-electron chi connectivity index (χ4n) is 2.64. The van der Waals surface area contributed by atoms with Crippen molar-refractivity contribution < 1.29 is 9.47 Å². The molecule has 2 saturated carbocycles. The summed E-state index contributed by atoms with van der Waals surface area (Å²) in [6.07, 6.45) is 7.42. The third-order valence-corrected chi connectivity index (χ3v) is 4.04. The molecule has 0 aliphatic heterocycles. The minimum Gasteiger partial charge on any atom is -0.473 e. The van der Waals surface area contributed by atoms with Crippen molar-refractivity contribution in [1.82, 2.24) is 15.5 Å². The summed E-state index contributed by atoms with van der Waals surface area (Å²) >= 11 is 0. The number of nitrogens with one attached hydrogen (secondary N) is 1. The molecule has 2 aliphatic carbocycles. The van der Waals surface area contributed by atoms with Crippen LogP contribution in [0.15, 0.2) is 12.1 Å². The largest absolute Gasteiger partial charge is 0.473 e. The lowest BCUT2D eigenvalue weighted by atomic mass is 9.95. The van der Waals surface area contributed by atoms with Gasteiger partial charge in [0.25, 0.3) is 0 Å². The Morgan fingerprint density at radius 2 is 2.00 bits per heavy atom. The normalized spacial score (nSPS) is 26.4. The molecule has 0 aromatic carbocycles. The molecule has 1 N–H and O–H groups in total. The molecular weight excluding hydrogens is 254 g/mol. The molecule has 20 heavy (non-hydrogen) atoms. The molecule has 5 nitrogen and oxygen atoms in total. The fraction of sp³-hybridized carbons (Fsp3) is 0.733. The summed E-state index contributed by atoms with van der Waals surface area (Å²) in [6, 6.07) is 4.61. The first-order valence-electron chi connectivity index (χ1n) is 7.59. The van der Waals surface area contributed by atoms with Crippen LogP contribution in [0.1, 0.15) is 44.2 Å². The van der Waals surface area contributed by atoms with Crippen molar-refractivity contribution in [3.05, 3.63) is 17.8 Å². The summed E-state index contributed by atoms with van der Waals surface area (Å²) in [5.74, 6) is 0.627. The molecule has 2 unspecified atom stereocenters. The lowest BCUT2D eigenvalue weighted by Gasteiger charge is -2.28. The summed E-state index contributed by atoms with van der Waals surface area (Å²) in [5.41, 5.74) is 0.975. The van der Waals surface area contributed by atoms with E-state index in [-0.39, 0.29) is 6.10 Å². The molecule has 1 aromatic heterocycles. The number of rotatable bonds is 6. The predicted octanol–water partition coefficient (Wildman–Crippen LogP) is 2.06. The second-order valence-corrected chi connectivity index (χ2v) is 5.78. The maximum Gasteiger partial charge on any atom is 0.233 e. The van der Waals surface area contributed by atoms with E-state index in [2.05, 4.69) is 15.5 Å². The third-order valence-electron chi connectivity index (χ3n) is 4.04. The van der Waals surface area contributed by atoms with E-state index in [0.29, 0.717) is 18.0 Å². The van der Waals surface area contributed by atoms with Gasteiger partial charge in [0.15, 0.2) is 0 Å². The second-order valence-electron chi connectivity index (χ2n) is 5.78. The molecule has 2 atom stereocenters. The van der Waals surface area contributed by atoms with Gasteiger partial charge in [-0.2, -0.15) is 5.10 Å². The smallest absolute Gasteiger partial charge is 0.233 e. The molecule has 3 rings (SSSR count). The zero-order valence-electron chi connectivity index (χ0n) is 12.0. The number of nitrogens with zero attached hydrogens (tertiary/aromatic N) is 2. The summed E-state index contributed by atoms with van der Waals surface area (Å²) in [7, 11) is 1.77. The first-order chi connectivity index (χ1) is 9.83. The van der Waals surface area contributed by atoms with E-state index >= 15 is 0 Å². The molecule has 0 spiro atoms. The topological polar surface area (TPSA) is 56.3 Å². The SMILES string of the molecule is COC1CCCC(Oc2ccc(CNC3CC3)nn2)C1. The Balaban J connectivity index is 1.49. The molecule has 1 heterocycles. The number of aromatic nitrogens is 2. The molecule has 0 saturated heterocycles. The number of methoxy groups -OCH3 is 1. The Morgan fingerprint density at radius 1 is 1.15 bits per heavy atom. The third kappa shape index (κ3) is 3.90. The maximum absolute atomic E-state index is 5.91. The van der Waals surface area contributed by atoms with Gasteiger partial charge in [-0.1, -0.05) is 0 Å². The average molecular weight is 277 g/mol. The highest BCUT2D eigenvalue weighted by atomic mass is 16.5. The van der Waals surface area contributed by atoms with Crippen molar-refractivity contribution in [2.75, 3.05) is 7.11 Å². The van der Waals surface area contributed by atoms with Crippen molar-refractivity contribution in [2.24, 2.45) is 0 Å². The van der Waals surface area contributed by atoms with Crippen LogP contribution < -0.4 is 10.1 Å². The van der Waals surface area contributed by atoms with Crippen LogP contribution in [-0.2, 0) is 11.3 Å². The Kier molecular flexibility index (Phi) is 4.47. The summed E-state index contributed by atoms with van der Waals surface area (Å²) in [4.78, 5) is 0. The molecule has 5 heteroatoms. The molecule has 2 fully saturated rings. The van der Waals surface area contributed by atoms with E-state index in [9.17, 15) is 0 Å². The van der Waals surface area contributed by atoms with Crippen LogP contribution >= 0.6 is 0 Å². The van der Waals surface area contributed by atoms with Crippen molar-refractivity contribution in [2.45, 2.75) is 63.3 Å². The van der Waals surface area contributed by atoms with Gasteiger partial charge in [0, 0.05) is 32.2 Å². The van der Waals surface area contributed by atoms with Crippen molar-refractivity contribution in [1.29, 1.82) is 0 Å². The first kappa shape index (κ1) is 13.8. The van der Waals surface area contributed by atoms with Crippen LogP contribution in [0.3, 0.4) is 0 Å². The average Bonchev–Trinajstić information content (AvgIpc) is 3.31. The molecular formula is C15H23N3O2. The van der Waals surface area contributed by atoms with Gasteiger partial charge in [-0.15, -0.1) is 5.10 Å². The van der Waals surface area contributed by atoms with Gasteiger partial charge in [-0.25, -0.2) is 0 Å². The minimum absolute atomic E-state index is 0.207. The van der Waals surface area contributed by atoms with Crippen LogP contribution in [-0.4, -0.2) is 35.6 Å². The van der Waals surface area contributed by atoms with E-state index in [1.165, 1.54) is 12.8 Å². The molecule has 0 radical (unpaired) electrons. The van der Waals surface area contributed by atoms with E-state index in [0.717, 1.165) is 37.9 Å². The lowest BCUT2D eigenvalue weighted by molar-refractivity contribution is 0.0192. The van der Waals surface area contributed by atoms with Gasteiger partial charge in [0.05, 0.1) is 11.8 Å². The molecule has 0 bridgehead atoms. The summed E-state index contributed by atoms with van der Waals surface area (Å²) in [5, 5.41) is 11.8. The number of hydrogen-bond donors (Lipinski definition) is 1. The van der Waals surface area contributed by atoms with E-state index < -0.39 is 0 Å². The van der Waals surface area contributed by atoms with Crippen LogP contribution in [0, 0.1) is 0 Å². The van der Waals surface area contributed by atoms with Gasteiger partial charge in [0.1, 0.15) is 6.10 Å². The van der Waals surface area contributed by atoms with Crippen molar-refractivity contribution in [3.8, 4) is 5.88 Å². The van der Waals surface area contributed by atoms with E-state index in [4.69, 9.17) is 9.47 Å². The molecule has 1 aromatic rings. The zero-order valence-corrected chi connectivity index (χ0v) is 12.0. The first-order valence-corrected chi connectivity index (χ1v) is 7.59. The Bertz CT molecular complexity index is 420. The Labute approximate surface area is 120 Å². The van der Waals surface area contributed by atoms with Crippen LogP contribution in [0.25, 0.3) is 0 Å². The second kappa shape index (κ2) is 6.50. The number of ether oxygens (including phenoxy) is 2. The van der Waals surface area contributed by atoms with Gasteiger partial charge >= 0.3 is 0 Å². The van der Waals surface area contributed by atoms with Gasteiger partial charge in [0.2, 0.25) is 5.88 Å². The molecule has 110 valence electrons. The zero-order chi connectivity index (χ0) is 13.8. The van der Waals surface area contributed by atoms with Gasteiger partial charge < -0.3 is 14.8 Å². The van der Waals surface area contributed by atoms with Gasteiger partial charge in [-0.05, 0) is 38.2 Å². The van der Waals surface area contributed by atoms with Crippen LogP contribution in [0.4, 0.5) is 0 Å². The maximum atomic E-state index is 5.91. The highest BCUT2D eigenvalue weighted by Gasteiger charge is 2.23. The minimum atomic E-state index is 0.207. The summed E-state index contributed by atoms with van der Waals surface area (Å²) < 4.78 is 11.3. The predicted molar refractivity (Wildman–Crippen MR) is 75.6 cm³/mol. The Hall–Kier alpha value is -1.20. The highest BCUT2D eigenvalue weighted by Crippen LogP contribution is 2.24. The van der Waals surface area contributed by atoms with Gasteiger partial charge in [-0.3, -0.25) is 0 Å². The van der Waals surface area contributed by atoms with E-state index in [1.807, 2.05) is 12.1 Å². The molecule has 0 amide bonds. The van der Waals surface area contributed by atoms with Crippen molar-refractivity contribution in [3.63, 3.8) is 0 Å². The van der Waals surface area contributed by atoms with Crippen LogP contribution in [0.2, 0.25) is 0 Å². The van der Waals surface area contributed by atoms with Crippen molar-refractivity contribution >= 4 is 0 Å². The standard InChI is InChI=1S/C15H23N3O2/c1-19-13-3-2-4-14(9-13)20-15-8-7-12(17-18-15)10-16-11-5-6-11/h7-8,11,13-14,16H,2-6,9-10H2,1H3. The van der Waals surface area contributed by atoms with E-state index in [1.54, 1.807) is 7.11 Å². The fourth-order valence-corrected chi connectivity index (χ4v) is 2.64. The quantitative estimate of drug-likeness (QED) is 0.862. The summed E-state index contributed by atoms with van der Waals surface area (Å²) in [6.45, 7) is 0.799. The van der Waals surface area contributed by atoms with Crippen LogP contribution in [0.5, 0.6) is 5.88 Å². The number of hydrogen-bond acceptors (Lipinski definition) is 5. The highest BCUT2D eigenvalue weighted by molar-refractivity contribution is 5.12. The monoisotopic (exact) mass is 277 g/mol. The lowest BCUT2D eigenvalue weighted by Crippen LogP contribution is -2.29. The Morgan fingerprint density at radius 3 is 2.70 bits per heavy atom. The molecule has 2 aliphatic rings.